The standard InChI is InChI=1S/C23H25N7O3/c1-33-21-20(26-22(32)18-8-4-5-11-24-18)16-6-2-3-7-17(16)23(21)9-12-29(13-10-23)19(31)14-30-15-25-27-28-30/h2-8,11,15,20-21H,9-10,12-14H2,1H3,(H,26,32)/t20-,21+/m1/s1. The number of nitrogens with one attached hydrogen (secondary N) is 1. The molecule has 1 aliphatic carbocycles. The van der Waals surface area contributed by atoms with Gasteiger partial charge in [0.2, 0.25) is 5.91 Å². The van der Waals surface area contributed by atoms with E-state index in [0.29, 0.717) is 18.8 Å². The molecule has 5 rings (SSSR count). The van der Waals surface area contributed by atoms with Crippen LogP contribution in [0.4, 0.5) is 0 Å². The topological polar surface area (TPSA) is 115 Å². The molecule has 1 spiro atoms. The van der Waals surface area contributed by atoms with Crippen molar-refractivity contribution in [1.82, 2.24) is 35.4 Å². The number of nitrogens with zero attached hydrogens (tertiary/aromatic N) is 6. The van der Waals surface area contributed by atoms with Gasteiger partial charge in [0, 0.05) is 31.8 Å². The first kappa shape index (κ1) is 21.2. The number of carbonyl (C=O) groups excluding carboxylic acids is 2. The van der Waals surface area contributed by atoms with Gasteiger partial charge < -0.3 is 15.0 Å². The number of hydrogen-bond acceptors (Lipinski definition) is 7. The highest BCUT2D eigenvalue weighted by Gasteiger charge is 2.54. The highest BCUT2D eigenvalue weighted by Crippen LogP contribution is 2.52. The fraction of sp³-hybridized carbons (Fsp3) is 0.391. The maximum atomic E-state index is 12.9. The Morgan fingerprint density at radius 2 is 1.94 bits per heavy atom. The summed E-state index contributed by atoms with van der Waals surface area (Å²) in [5.74, 6) is -0.249. The summed E-state index contributed by atoms with van der Waals surface area (Å²) in [6.45, 7) is 1.30. The van der Waals surface area contributed by atoms with Gasteiger partial charge in [-0.2, -0.15) is 0 Å². The number of likely N-dealkylation sites (tertiary alicyclic amines) is 1. The fourth-order valence-electron chi connectivity index (χ4n) is 5.28. The molecule has 33 heavy (non-hydrogen) atoms. The van der Waals surface area contributed by atoms with Crippen molar-refractivity contribution in [3.8, 4) is 0 Å². The lowest BCUT2D eigenvalue weighted by molar-refractivity contribution is -0.134. The number of fused-ring (bicyclic) bond motifs is 2. The van der Waals surface area contributed by atoms with Gasteiger partial charge in [-0.15, -0.1) is 5.10 Å². The van der Waals surface area contributed by atoms with E-state index in [9.17, 15) is 9.59 Å². The molecule has 0 bridgehead atoms. The minimum atomic E-state index is -0.302. The van der Waals surface area contributed by atoms with Crippen molar-refractivity contribution in [3.63, 3.8) is 0 Å². The van der Waals surface area contributed by atoms with Crippen molar-refractivity contribution in [2.45, 2.75) is 36.9 Å². The lowest BCUT2D eigenvalue weighted by Crippen LogP contribution is -2.52. The van der Waals surface area contributed by atoms with Gasteiger partial charge >= 0.3 is 0 Å². The van der Waals surface area contributed by atoms with Crippen molar-refractivity contribution in [2.75, 3.05) is 20.2 Å². The number of hydrogen-bond donors (Lipinski definition) is 1. The van der Waals surface area contributed by atoms with Crippen LogP contribution in [0, 0.1) is 0 Å². The lowest BCUT2D eigenvalue weighted by Gasteiger charge is -2.44. The van der Waals surface area contributed by atoms with Gasteiger partial charge in [0.1, 0.15) is 18.6 Å². The summed E-state index contributed by atoms with van der Waals surface area (Å²) in [6.07, 6.45) is 4.26. The Kier molecular flexibility index (Phi) is 5.59. The summed E-state index contributed by atoms with van der Waals surface area (Å²) in [6, 6.07) is 13.1. The minimum absolute atomic E-state index is 0.0163. The summed E-state index contributed by atoms with van der Waals surface area (Å²) < 4.78 is 7.48. The lowest BCUT2D eigenvalue weighted by atomic mass is 9.72. The van der Waals surface area contributed by atoms with Crippen molar-refractivity contribution in [3.05, 3.63) is 71.8 Å². The van der Waals surface area contributed by atoms with E-state index >= 15 is 0 Å². The minimum Gasteiger partial charge on any atom is -0.378 e. The number of tetrazole rings is 1. The molecule has 3 heterocycles. The summed E-state index contributed by atoms with van der Waals surface area (Å²) in [7, 11) is 1.69. The fourth-order valence-corrected chi connectivity index (χ4v) is 5.28. The van der Waals surface area contributed by atoms with Crippen LogP contribution in [0.3, 0.4) is 0 Å². The molecular weight excluding hydrogens is 422 g/mol. The molecule has 2 aromatic heterocycles. The van der Waals surface area contributed by atoms with E-state index in [-0.39, 0.29) is 35.9 Å². The molecule has 10 nitrogen and oxygen atoms in total. The molecule has 3 aromatic rings. The Hall–Kier alpha value is -3.66. The summed E-state index contributed by atoms with van der Waals surface area (Å²) in [4.78, 5) is 31.7. The third-order valence-electron chi connectivity index (χ3n) is 6.81. The van der Waals surface area contributed by atoms with Crippen LogP contribution >= 0.6 is 0 Å². The van der Waals surface area contributed by atoms with Crippen LogP contribution in [-0.2, 0) is 21.5 Å². The summed E-state index contributed by atoms with van der Waals surface area (Å²) in [5, 5.41) is 14.1. The Labute approximate surface area is 190 Å². The van der Waals surface area contributed by atoms with Crippen LogP contribution in [0.5, 0.6) is 0 Å². The van der Waals surface area contributed by atoms with Crippen LogP contribution in [0.2, 0.25) is 0 Å². The van der Waals surface area contributed by atoms with Crippen molar-refractivity contribution in [1.29, 1.82) is 0 Å². The van der Waals surface area contributed by atoms with Crippen molar-refractivity contribution in [2.24, 2.45) is 0 Å². The van der Waals surface area contributed by atoms with E-state index in [1.807, 2.05) is 17.0 Å². The molecule has 0 radical (unpaired) electrons. The van der Waals surface area contributed by atoms with Crippen molar-refractivity contribution < 1.29 is 14.3 Å². The average Bonchev–Trinajstić information content (AvgIpc) is 3.45. The predicted molar refractivity (Wildman–Crippen MR) is 117 cm³/mol. The second-order valence-corrected chi connectivity index (χ2v) is 8.45. The van der Waals surface area contributed by atoms with E-state index < -0.39 is 0 Å². The molecule has 1 N–H and O–H groups in total. The van der Waals surface area contributed by atoms with Gasteiger partial charge in [-0.05, 0) is 46.5 Å². The molecule has 1 aliphatic heterocycles. The number of methoxy groups -OCH3 is 1. The molecule has 1 aromatic carbocycles. The molecule has 1 saturated heterocycles. The Morgan fingerprint density at radius 3 is 2.64 bits per heavy atom. The molecule has 0 unspecified atom stereocenters. The first-order chi connectivity index (χ1) is 16.1. The maximum Gasteiger partial charge on any atom is 0.270 e. The number of benzene rings is 1. The molecule has 170 valence electrons. The predicted octanol–water partition coefficient (Wildman–Crippen LogP) is 1.13. The van der Waals surface area contributed by atoms with Gasteiger partial charge in [0.05, 0.1) is 12.1 Å². The zero-order valence-corrected chi connectivity index (χ0v) is 18.3. The second-order valence-electron chi connectivity index (χ2n) is 8.45. The van der Waals surface area contributed by atoms with Gasteiger partial charge in [-0.3, -0.25) is 14.6 Å². The number of pyridine rings is 1. The van der Waals surface area contributed by atoms with Crippen LogP contribution < -0.4 is 5.32 Å². The van der Waals surface area contributed by atoms with Gasteiger partial charge in [-0.25, -0.2) is 4.68 Å². The van der Waals surface area contributed by atoms with Crippen LogP contribution in [0.15, 0.2) is 55.0 Å². The van der Waals surface area contributed by atoms with E-state index in [0.717, 1.165) is 18.4 Å². The van der Waals surface area contributed by atoms with E-state index in [1.165, 1.54) is 16.6 Å². The highest BCUT2D eigenvalue weighted by molar-refractivity contribution is 5.92. The Balaban J connectivity index is 1.38. The van der Waals surface area contributed by atoms with Crippen LogP contribution in [0.25, 0.3) is 0 Å². The first-order valence-electron chi connectivity index (χ1n) is 10.9. The van der Waals surface area contributed by atoms with Crippen LogP contribution in [-0.4, -0.2) is 68.2 Å². The molecule has 1 fully saturated rings. The number of aromatic nitrogens is 5. The average molecular weight is 447 g/mol. The van der Waals surface area contributed by atoms with E-state index in [2.05, 4.69) is 38.0 Å². The quantitative estimate of drug-likeness (QED) is 0.623. The SMILES string of the molecule is CO[C@H]1[C@H](NC(=O)c2ccccn2)c2ccccc2C12CCN(C(=O)Cn1cnnn1)CC2. The molecule has 2 amide bonds. The summed E-state index contributed by atoms with van der Waals surface area (Å²) in [5.41, 5.74) is 2.31. The number of piperidine rings is 1. The third-order valence-corrected chi connectivity index (χ3v) is 6.81. The van der Waals surface area contributed by atoms with Gasteiger partial charge in [0.25, 0.3) is 5.91 Å². The number of ether oxygens (including phenoxy) is 1. The third kappa shape index (κ3) is 3.76. The number of rotatable bonds is 5. The van der Waals surface area contributed by atoms with Gasteiger partial charge in [0.15, 0.2) is 0 Å². The molecule has 10 heteroatoms. The van der Waals surface area contributed by atoms with E-state index in [4.69, 9.17) is 4.74 Å². The number of amides is 2. The normalized spacial score (nSPS) is 21.1. The van der Waals surface area contributed by atoms with Crippen molar-refractivity contribution >= 4 is 11.8 Å². The maximum absolute atomic E-state index is 12.9. The second kappa shape index (κ2) is 8.70. The van der Waals surface area contributed by atoms with Crippen LogP contribution in [0.1, 0.15) is 40.5 Å². The zero-order chi connectivity index (χ0) is 22.8. The molecule has 2 aliphatic rings. The first-order valence-corrected chi connectivity index (χ1v) is 10.9. The van der Waals surface area contributed by atoms with Gasteiger partial charge in [-0.1, -0.05) is 30.3 Å². The summed E-state index contributed by atoms with van der Waals surface area (Å²) >= 11 is 0. The highest BCUT2D eigenvalue weighted by atomic mass is 16.5. The number of carbonyl (C=O) groups is 2. The molecule has 0 saturated carbocycles. The Bertz CT molecular complexity index is 1130. The van der Waals surface area contributed by atoms with E-state index in [1.54, 1.807) is 31.5 Å². The monoisotopic (exact) mass is 447 g/mol. The molecular formula is C23H25N7O3. The smallest absolute Gasteiger partial charge is 0.270 e. The largest absolute Gasteiger partial charge is 0.378 e. The molecule has 2 atom stereocenters. The zero-order valence-electron chi connectivity index (χ0n) is 18.3. The Morgan fingerprint density at radius 1 is 1.15 bits per heavy atom.